The van der Waals surface area contributed by atoms with E-state index in [-0.39, 0.29) is 10.5 Å². The first-order valence-electron chi connectivity index (χ1n) is 8.97. The fourth-order valence-electron chi connectivity index (χ4n) is 2.79. The number of nitrogens with zero attached hydrogens (tertiary/aromatic N) is 2. The lowest BCUT2D eigenvalue weighted by Crippen LogP contribution is -2.22. The molecule has 0 radical (unpaired) electrons. The number of nitrogens with two attached hydrogens (primary N) is 1. The zero-order valence-corrected chi connectivity index (χ0v) is 17.4. The number of sulfonamides is 1. The highest BCUT2D eigenvalue weighted by Gasteiger charge is 2.18. The van der Waals surface area contributed by atoms with Crippen LogP contribution in [0, 0.1) is 19.7 Å². The lowest BCUT2D eigenvalue weighted by Gasteiger charge is -2.10. The predicted molar refractivity (Wildman–Crippen MR) is 110 cm³/mol. The van der Waals surface area contributed by atoms with Crippen molar-refractivity contribution in [3.8, 4) is 5.69 Å². The van der Waals surface area contributed by atoms with Crippen LogP contribution < -0.4 is 10.5 Å². The summed E-state index contributed by atoms with van der Waals surface area (Å²) in [6.07, 6.45) is 0. The van der Waals surface area contributed by atoms with Gasteiger partial charge in [0.15, 0.2) is 6.61 Å². The highest BCUT2D eigenvalue weighted by molar-refractivity contribution is 7.89. The largest absolute Gasteiger partial charge is 0.452 e. The number of nitrogens with one attached hydrogen (secondary N) is 1. The molecule has 0 atom stereocenters. The van der Waals surface area contributed by atoms with E-state index in [0.29, 0.717) is 22.8 Å². The molecule has 0 aliphatic rings. The third-order valence-electron chi connectivity index (χ3n) is 4.23. The zero-order chi connectivity index (χ0) is 22.8. The minimum absolute atomic E-state index is 0.0605. The first kappa shape index (κ1) is 22.1. The van der Waals surface area contributed by atoms with E-state index in [4.69, 9.17) is 9.88 Å². The molecule has 0 aliphatic heterocycles. The average Bonchev–Trinajstić information content (AvgIpc) is 3.06. The molecule has 9 nitrogen and oxygen atoms in total. The van der Waals surface area contributed by atoms with Crippen molar-refractivity contribution in [3.05, 3.63) is 71.2 Å². The molecule has 0 aliphatic carbocycles. The average molecular weight is 446 g/mol. The smallest absolute Gasteiger partial charge is 0.338 e. The number of rotatable bonds is 6. The maximum absolute atomic E-state index is 13.2. The quantitative estimate of drug-likeness (QED) is 0.557. The molecule has 0 spiro atoms. The van der Waals surface area contributed by atoms with E-state index in [0.717, 1.165) is 6.07 Å². The Hall–Kier alpha value is -3.57. The van der Waals surface area contributed by atoms with Gasteiger partial charge in [0.2, 0.25) is 10.0 Å². The number of benzene rings is 2. The van der Waals surface area contributed by atoms with Gasteiger partial charge in [-0.25, -0.2) is 27.4 Å². The van der Waals surface area contributed by atoms with Crippen LogP contribution in [-0.2, 0) is 19.6 Å². The second kappa shape index (κ2) is 8.66. The molecular formula is C20H19FN4O5S. The van der Waals surface area contributed by atoms with Crippen LogP contribution in [0.4, 0.5) is 10.2 Å². The second-order valence-corrected chi connectivity index (χ2v) is 8.24. The van der Waals surface area contributed by atoms with Crippen molar-refractivity contribution < 1.29 is 27.1 Å². The number of hydrogen-bond acceptors (Lipinski definition) is 6. The van der Waals surface area contributed by atoms with Gasteiger partial charge in [-0.2, -0.15) is 5.10 Å². The van der Waals surface area contributed by atoms with Crippen LogP contribution in [0.25, 0.3) is 5.69 Å². The minimum Gasteiger partial charge on any atom is -0.452 e. The number of halogens is 1. The summed E-state index contributed by atoms with van der Waals surface area (Å²) in [5.41, 5.74) is 1.44. The number of hydrogen-bond donors (Lipinski definition) is 2. The number of amides is 1. The van der Waals surface area contributed by atoms with Crippen LogP contribution in [0.15, 0.2) is 53.4 Å². The molecule has 3 N–H and O–H groups in total. The molecule has 0 fully saturated rings. The van der Waals surface area contributed by atoms with E-state index in [1.165, 1.54) is 48.0 Å². The van der Waals surface area contributed by atoms with Crippen molar-refractivity contribution >= 4 is 27.7 Å². The standard InChI is InChI=1S/C20H19FN4O5S/c1-12-3-4-14(10-17(12)31(22,28)29)20(27)30-11-19(26)23-18-9-13(2)24-25(18)16-7-5-15(21)6-8-16/h3-10H,11H2,1-2H3,(H,23,26)(H2,22,28,29). The predicted octanol–water partition coefficient (Wildman–Crippen LogP) is 2.07. The highest BCUT2D eigenvalue weighted by Crippen LogP contribution is 2.18. The third kappa shape index (κ3) is 5.32. The number of carbonyl (C=O) groups excluding carboxylic acids is 2. The van der Waals surface area contributed by atoms with E-state index in [1.807, 2.05) is 0 Å². The number of aromatic nitrogens is 2. The molecule has 31 heavy (non-hydrogen) atoms. The molecule has 1 aromatic heterocycles. The summed E-state index contributed by atoms with van der Waals surface area (Å²) in [4.78, 5) is 24.3. The fraction of sp³-hybridized carbons (Fsp3) is 0.150. The molecule has 162 valence electrons. The van der Waals surface area contributed by atoms with Crippen LogP contribution >= 0.6 is 0 Å². The normalized spacial score (nSPS) is 11.2. The lowest BCUT2D eigenvalue weighted by molar-refractivity contribution is -0.119. The Balaban J connectivity index is 1.69. The maximum Gasteiger partial charge on any atom is 0.338 e. The lowest BCUT2D eigenvalue weighted by atomic mass is 10.1. The zero-order valence-electron chi connectivity index (χ0n) is 16.6. The minimum atomic E-state index is -4.01. The topological polar surface area (TPSA) is 133 Å². The maximum atomic E-state index is 13.2. The van der Waals surface area contributed by atoms with Crippen LogP contribution in [0.5, 0.6) is 0 Å². The number of esters is 1. The summed E-state index contributed by atoms with van der Waals surface area (Å²) in [5, 5.41) is 12.0. The van der Waals surface area contributed by atoms with Gasteiger partial charge < -0.3 is 10.1 Å². The molecular weight excluding hydrogens is 427 g/mol. The van der Waals surface area contributed by atoms with Gasteiger partial charge in [-0.15, -0.1) is 0 Å². The van der Waals surface area contributed by atoms with Crippen molar-refractivity contribution in [1.82, 2.24) is 9.78 Å². The van der Waals surface area contributed by atoms with Crippen molar-refractivity contribution in [1.29, 1.82) is 0 Å². The molecule has 1 heterocycles. The first-order chi connectivity index (χ1) is 14.5. The van der Waals surface area contributed by atoms with Crippen LogP contribution in [-0.4, -0.2) is 36.7 Å². The molecule has 2 aromatic carbocycles. The Kier molecular flexibility index (Phi) is 6.18. The summed E-state index contributed by atoms with van der Waals surface area (Å²) >= 11 is 0. The summed E-state index contributed by atoms with van der Waals surface area (Å²) < 4.78 is 42.7. The number of aryl methyl sites for hydroxylation is 2. The van der Waals surface area contributed by atoms with Crippen molar-refractivity contribution in [2.45, 2.75) is 18.7 Å². The van der Waals surface area contributed by atoms with Crippen molar-refractivity contribution in [2.75, 3.05) is 11.9 Å². The van der Waals surface area contributed by atoms with Crippen LogP contribution in [0.2, 0.25) is 0 Å². The molecule has 0 saturated heterocycles. The van der Waals surface area contributed by atoms with Crippen LogP contribution in [0.1, 0.15) is 21.6 Å². The molecule has 11 heteroatoms. The van der Waals surface area contributed by atoms with Gasteiger partial charge in [0.25, 0.3) is 5.91 Å². The number of carbonyl (C=O) groups is 2. The molecule has 3 rings (SSSR count). The van der Waals surface area contributed by atoms with Gasteiger partial charge in [0.1, 0.15) is 11.6 Å². The van der Waals surface area contributed by atoms with Gasteiger partial charge in [0, 0.05) is 6.07 Å². The third-order valence-corrected chi connectivity index (χ3v) is 5.29. The summed E-state index contributed by atoms with van der Waals surface area (Å²) in [7, 11) is -4.01. The Morgan fingerprint density at radius 2 is 1.81 bits per heavy atom. The first-order valence-corrected chi connectivity index (χ1v) is 10.5. The Morgan fingerprint density at radius 3 is 2.45 bits per heavy atom. The molecule has 1 amide bonds. The van der Waals surface area contributed by atoms with Crippen molar-refractivity contribution in [2.24, 2.45) is 5.14 Å². The summed E-state index contributed by atoms with van der Waals surface area (Å²) in [6.45, 7) is 2.63. The highest BCUT2D eigenvalue weighted by atomic mass is 32.2. The Bertz CT molecular complexity index is 1250. The van der Waals surface area contributed by atoms with E-state index in [1.54, 1.807) is 13.0 Å². The SMILES string of the molecule is Cc1cc(NC(=O)COC(=O)c2ccc(C)c(S(N)(=O)=O)c2)n(-c2ccc(F)cc2)n1. The molecule has 0 bridgehead atoms. The number of anilines is 1. The van der Waals surface area contributed by atoms with Gasteiger partial charge >= 0.3 is 5.97 Å². The van der Waals surface area contributed by atoms with Gasteiger partial charge in [-0.1, -0.05) is 6.07 Å². The van der Waals surface area contributed by atoms with Gasteiger partial charge in [0.05, 0.1) is 21.8 Å². The van der Waals surface area contributed by atoms with Crippen molar-refractivity contribution in [3.63, 3.8) is 0 Å². The second-order valence-electron chi connectivity index (χ2n) is 6.71. The summed E-state index contributed by atoms with van der Waals surface area (Å²) in [5.74, 6) is -1.64. The van der Waals surface area contributed by atoms with Crippen LogP contribution in [0.3, 0.4) is 0 Å². The monoisotopic (exact) mass is 446 g/mol. The molecule has 0 saturated carbocycles. The summed E-state index contributed by atoms with van der Waals surface area (Å²) in [6, 6.07) is 11.0. The van der Waals surface area contributed by atoms with Gasteiger partial charge in [-0.3, -0.25) is 4.79 Å². The van der Waals surface area contributed by atoms with E-state index < -0.39 is 34.3 Å². The number of ether oxygens (including phenoxy) is 1. The molecule has 0 unspecified atom stereocenters. The fourth-order valence-corrected chi connectivity index (χ4v) is 3.60. The van der Waals surface area contributed by atoms with E-state index in [2.05, 4.69) is 10.4 Å². The van der Waals surface area contributed by atoms with E-state index >= 15 is 0 Å². The number of primary sulfonamides is 1. The van der Waals surface area contributed by atoms with Gasteiger partial charge in [-0.05, 0) is 55.8 Å². The molecule has 3 aromatic rings. The van der Waals surface area contributed by atoms with E-state index in [9.17, 15) is 22.4 Å². The Labute approximate surface area is 177 Å². The Morgan fingerprint density at radius 1 is 1.13 bits per heavy atom.